The minimum atomic E-state index is -6.02. The van der Waals surface area contributed by atoms with Crippen LogP contribution in [-0.2, 0) is 113 Å². The topological polar surface area (TPSA) is 321 Å². The molecule has 0 amide bonds. The average Bonchev–Trinajstić information content (AvgIpc) is 1.62. The summed E-state index contributed by atoms with van der Waals surface area (Å²) in [4.78, 5) is 0. The molecule has 22 heavy (non-hydrogen) atoms. The summed E-state index contributed by atoms with van der Waals surface area (Å²) in [5.74, 6) is 0. The fraction of sp³-hybridized carbons (Fsp3) is 0. The molecule has 130 valence electrons. The summed E-state index contributed by atoms with van der Waals surface area (Å²) in [6.45, 7) is 0. The summed E-state index contributed by atoms with van der Waals surface area (Å²) in [6.07, 6.45) is 0. The molecule has 0 atom stereocenters. The van der Waals surface area contributed by atoms with Crippen molar-refractivity contribution in [1.82, 2.24) is 0 Å². The van der Waals surface area contributed by atoms with Gasteiger partial charge in [-0.1, -0.05) is 0 Å². The van der Waals surface area contributed by atoms with Gasteiger partial charge in [0.15, 0.2) is 0 Å². The van der Waals surface area contributed by atoms with Crippen LogP contribution in [0, 0.1) is 0 Å². The van der Waals surface area contributed by atoms with Gasteiger partial charge in [0.25, 0.3) is 0 Å². The van der Waals surface area contributed by atoms with Gasteiger partial charge in [-0.3, -0.25) is 0 Å². The van der Waals surface area contributed by atoms with E-state index in [1.807, 2.05) is 0 Å². The van der Waals surface area contributed by atoms with Gasteiger partial charge in [-0.2, -0.15) is 0 Å². The fourth-order valence-corrected chi connectivity index (χ4v) is 0. The van der Waals surface area contributed by atoms with Crippen molar-refractivity contribution in [2.75, 3.05) is 0 Å². The zero-order valence-electron chi connectivity index (χ0n) is 9.06. The Morgan fingerprint density at radius 3 is 0.364 bits per heavy atom. The van der Waals surface area contributed by atoms with Crippen LogP contribution in [0.1, 0.15) is 0 Å². The second-order valence-electron chi connectivity index (χ2n) is 1.63. The number of rotatable bonds is 0. The first-order valence-corrected chi connectivity index (χ1v) is 15.8. The summed E-state index contributed by atoms with van der Waals surface area (Å²) >= 11 is -24.1. The summed E-state index contributed by atoms with van der Waals surface area (Å²) < 4.78 is 138. The van der Waals surface area contributed by atoms with Gasteiger partial charge in [0.1, 0.15) is 0 Å². The van der Waals surface area contributed by atoms with Crippen LogP contribution in [-0.4, -0.2) is 26.2 Å². The number of hydrogen-bond donors (Lipinski definition) is 0. The van der Waals surface area contributed by atoms with E-state index in [4.69, 9.17) is 57.3 Å². The van der Waals surface area contributed by atoms with Crippen LogP contribution in [0.2, 0.25) is 0 Å². The van der Waals surface area contributed by atoms with E-state index in [-0.39, 0.29) is 44.8 Å². The number of hydrogen-bond acceptors (Lipinski definition) is 16. The Balaban J connectivity index is -0.0000000376. The van der Waals surface area contributed by atoms with E-state index < -0.39 is 67.0 Å². The molecule has 0 N–H and O–H groups in total. The van der Waals surface area contributed by atoms with E-state index in [0.29, 0.717) is 0 Å². The molecule has 0 saturated heterocycles. The summed E-state index contributed by atoms with van der Waals surface area (Å²) in [5, 5.41) is 0. The van der Waals surface area contributed by atoms with E-state index in [1.54, 1.807) is 0 Å². The molecule has 0 fully saturated rings. The van der Waals surface area contributed by atoms with Crippen LogP contribution >= 0.6 is 0 Å². The van der Waals surface area contributed by atoms with Crippen LogP contribution in [0.5, 0.6) is 0 Å². The van der Waals surface area contributed by atoms with Gasteiger partial charge in [-0.25, -0.2) is 0 Å². The van der Waals surface area contributed by atoms with Crippen molar-refractivity contribution >= 4 is 26.2 Å². The molecule has 0 saturated carbocycles. The van der Waals surface area contributed by atoms with E-state index in [9.17, 15) is 0 Å². The van der Waals surface area contributed by atoms with Crippen molar-refractivity contribution in [2.24, 2.45) is 0 Å². The Morgan fingerprint density at radius 2 is 0.364 bits per heavy atom. The molecule has 16 nitrogen and oxygen atoms in total. The Morgan fingerprint density at radius 1 is 0.364 bits per heavy atom. The van der Waals surface area contributed by atoms with E-state index in [2.05, 4.69) is 0 Å². The maximum atomic E-state index is 8.63. The van der Waals surface area contributed by atoms with Crippen molar-refractivity contribution < 1.29 is 143 Å². The first-order chi connectivity index (χ1) is 8.00. The van der Waals surface area contributed by atoms with E-state index in [0.717, 1.165) is 0 Å². The normalized spacial score (nSPS) is 10.5. The SMILES string of the molecule is [Bi+3].[O]=[Mo](=[O])([O-])[O-].[O]=[Mo](=[O])([O-])[O-].[O]=[Mo](=[O])([O-])[O-].[O]=[Mo](=[O])([O-])[O-].[V+5]. The van der Waals surface area contributed by atoms with Gasteiger partial charge in [-0.15, -0.1) is 0 Å². The summed E-state index contributed by atoms with van der Waals surface area (Å²) in [6, 6.07) is 0. The minimum absolute atomic E-state index is 0. The largest absolute Gasteiger partial charge is 5.00 e. The second kappa shape index (κ2) is 16.8. The fourth-order valence-electron chi connectivity index (χ4n) is 0. The third-order valence-electron chi connectivity index (χ3n) is 0. The predicted octanol–water partition coefficient (Wildman–Crippen LogP) is -10.9. The van der Waals surface area contributed by atoms with Gasteiger partial charge in [0.05, 0.1) is 0 Å². The quantitative estimate of drug-likeness (QED) is 0.204. The Labute approximate surface area is 166 Å². The van der Waals surface area contributed by atoms with Crippen molar-refractivity contribution in [1.29, 1.82) is 0 Å². The van der Waals surface area contributed by atoms with Crippen molar-refractivity contribution in [2.45, 2.75) is 0 Å². The third-order valence-corrected chi connectivity index (χ3v) is 0. The van der Waals surface area contributed by atoms with E-state index >= 15 is 0 Å². The van der Waals surface area contributed by atoms with Crippen LogP contribution in [0.15, 0.2) is 0 Å². The van der Waals surface area contributed by atoms with Gasteiger partial charge in [0.2, 0.25) is 0 Å². The molecule has 0 aromatic carbocycles. The van der Waals surface area contributed by atoms with Crippen LogP contribution in [0.25, 0.3) is 0 Å². The predicted molar refractivity (Wildman–Crippen MR) is 11.2 cm³/mol. The first kappa shape index (κ1) is 39.4. The second-order valence-corrected chi connectivity index (χ2v) is 9.66. The summed E-state index contributed by atoms with van der Waals surface area (Å²) in [7, 11) is 0. The molecule has 2 radical (unpaired) electrons. The molecule has 0 bridgehead atoms. The zero-order chi connectivity index (χ0) is 18.0. The van der Waals surface area contributed by atoms with Gasteiger partial charge >= 0.3 is 169 Å². The molecule has 0 aromatic rings. The maximum absolute atomic E-state index is 8.63. The molecule has 0 aliphatic rings. The molecule has 0 aliphatic heterocycles. The van der Waals surface area contributed by atoms with Crippen molar-refractivity contribution in [3.63, 3.8) is 0 Å². The molecule has 0 rings (SSSR count). The zero-order valence-corrected chi connectivity index (χ0v) is 22.0. The molecular formula is BiMo4O16V. The summed E-state index contributed by atoms with van der Waals surface area (Å²) in [5.41, 5.74) is 0. The molecule has 0 heterocycles. The van der Waals surface area contributed by atoms with E-state index in [1.165, 1.54) is 0 Å². The van der Waals surface area contributed by atoms with Gasteiger partial charge in [-0.05, 0) is 0 Å². The maximum Gasteiger partial charge on any atom is 5.00 e. The molecule has 0 aromatic heterocycles. The molecule has 0 aliphatic carbocycles. The minimum Gasteiger partial charge on any atom is 5.00 e. The average molecular weight is 900 g/mol. The smallest absolute Gasteiger partial charge is 5.00 e. The standard InChI is InChI=1S/Bi.4Mo.16O.V/q+3;;;;;;;;;;;;;8*-1;+5. The molecule has 0 unspecified atom stereocenters. The van der Waals surface area contributed by atoms with Gasteiger partial charge < -0.3 is 0 Å². The molecule has 0 spiro atoms. The first-order valence-electron chi connectivity index (χ1n) is 2.67. The van der Waals surface area contributed by atoms with Crippen LogP contribution in [0.3, 0.4) is 0 Å². The van der Waals surface area contributed by atoms with Crippen molar-refractivity contribution in [3.8, 4) is 0 Å². The molecular weight excluding hydrogens is 900 g/mol. The Kier molecular flexibility index (Phi) is 30.0. The van der Waals surface area contributed by atoms with Gasteiger partial charge in [0, 0.05) is 0 Å². The van der Waals surface area contributed by atoms with Crippen LogP contribution in [0.4, 0.5) is 0 Å². The Bertz CT molecular complexity index is 479. The third kappa shape index (κ3) is 1910. The Hall–Kier alpha value is 2.30. The van der Waals surface area contributed by atoms with Crippen LogP contribution < -0.4 is 30.1 Å². The van der Waals surface area contributed by atoms with Crippen molar-refractivity contribution in [3.05, 3.63) is 0 Å². The molecule has 22 heteroatoms. The monoisotopic (exact) mass is 907 g/mol.